The summed E-state index contributed by atoms with van der Waals surface area (Å²) < 4.78 is 24.6. The number of piperidine rings is 1. The van der Waals surface area contributed by atoms with Crippen molar-refractivity contribution in [1.82, 2.24) is 4.90 Å². The number of nitrogens with two attached hydrogens (primary N) is 1. The van der Waals surface area contributed by atoms with Gasteiger partial charge in [0.1, 0.15) is 0 Å². The minimum absolute atomic E-state index is 0.157. The summed E-state index contributed by atoms with van der Waals surface area (Å²) in [5, 5.41) is 0.551. The van der Waals surface area contributed by atoms with Gasteiger partial charge in [0.2, 0.25) is 0 Å². The number of hydrogen-bond donors (Lipinski definition) is 1. The monoisotopic (exact) mass is 330 g/mol. The minimum Gasteiger partial charge on any atom is -0.330 e. The zero-order chi connectivity index (χ0) is 15.3. The number of rotatable bonds is 6. The average Bonchev–Trinajstić information content (AvgIpc) is 2.47. The minimum atomic E-state index is -3.23. The van der Waals surface area contributed by atoms with Crippen molar-refractivity contribution in [2.24, 2.45) is 11.7 Å². The number of nitrogens with zero attached hydrogens (tertiary/aromatic N) is 1. The van der Waals surface area contributed by atoms with Crippen molar-refractivity contribution in [3.05, 3.63) is 29.3 Å². The van der Waals surface area contributed by atoms with Crippen LogP contribution in [0.3, 0.4) is 0 Å². The van der Waals surface area contributed by atoms with Gasteiger partial charge in [-0.15, -0.1) is 0 Å². The van der Waals surface area contributed by atoms with Crippen molar-refractivity contribution in [3.63, 3.8) is 0 Å². The molecule has 1 aromatic rings. The molecule has 4 nitrogen and oxygen atoms in total. The quantitative estimate of drug-likeness (QED) is 0.868. The molecule has 1 saturated heterocycles. The Bertz CT molecular complexity index is 543. The van der Waals surface area contributed by atoms with Gasteiger partial charge < -0.3 is 10.6 Å². The Morgan fingerprint density at radius 2 is 2.00 bits per heavy atom. The average molecular weight is 331 g/mol. The van der Waals surface area contributed by atoms with Crippen LogP contribution in [0.5, 0.6) is 0 Å². The number of halogens is 1. The highest BCUT2D eigenvalue weighted by Crippen LogP contribution is 2.20. The molecule has 0 saturated carbocycles. The van der Waals surface area contributed by atoms with Gasteiger partial charge in [-0.3, -0.25) is 0 Å². The molecule has 1 atom stereocenters. The first-order chi connectivity index (χ1) is 10.0. The van der Waals surface area contributed by atoms with Crippen LogP contribution in [0.2, 0.25) is 5.02 Å². The van der Waals surface area contributed by atoms with E-state index in [0.29, 0.717) is 28.9 Å². The highest BCUT2D eigenvalue weighted by atomic mass is 35.5. The van der Waals surface area contributed by atoms with E-state index in [0.717, 1.165) is 25.9 Å². The lowest BCUT2D eigenvalue weighted by molar-refractivity contribution is 0.178. The van der Waals surface area contributed by atoms with Crippen LogP contribution < -0.4 is 5.73 Å². The van der Waals surface area contributed by atoms with Crippen molar-refractivity contribution < 1.29 is 8.42 Å². The number of benzene rings is 1. The molecule has 0 spiro atoms. The van der Waals surface area contributed by atoms with Crippen LogP contribution in [0.4, 0.5) is 0 Å². The van der Waals surface area contributed by atoms with Crippen molar-refractivity contribution in [3.8, 4) is 0 Å². The number of likely N-dealkylation sites (tertiary alicyclic amines) is 1. The van der Waals surface area contributed by atoms with Crippen LogP contribution in [0.1, 0.15) is 19.3 Å². The van der Waals surface area contributed by atoms with E-state index in [1.165, 1.54) is 6.42 Å². The summed E-state index contributed by atoms with van der Waals surface area (Å²) in [7, 11) is -3.23. The Balaban J connectivity index is 1.91. The molecular formula is C15H23ClN2O2S. The van der Waals surface area contributed by atoms with Gasteiger partial charge in [-0.2, -0.15) is 0 Å². The third kappa shape index (κ3) is 4.95. The fraction of sp³-hybridized carbons (Fsp3) is 0.600. The van der Waals surface area contributed by atoms with E-state index in [2.05, 4.69) is 4.90 Å². The smallest absolute Gasteiger partial charge is 0.179 e. The van der Waals surface area contributed by atoms with Gasteiger partial charge in [-0.1, -0.05) is 11.6 Å². The Kier molecular flexibility index (Phi) is 6.05. The summed E-state index contributed by atoms with van der Waals surface area (Å²) in [6.07, 6.45) is 3.36. The summed E-state index contributed by atoms with van der Waals surface area (Å²) in [6.45, 7) is 3.25. The van der Waals surface area contributed by atoms with Crippen LogP contribution in [-0.4, -0.2) is 45.2 Å². The molecule has 1 aliphatic rings. The molecule has 0 aromatic heterocycles. The van der Waals surface area contributed by atoms with Crippen LogP contribution in [0, 0.1) is 5.92 Å². The molecule has 21 heavy (non-hydrogen) atoms. The lowest BCUT2D eigenvalue weighted by Gasteiger charge is -2.32. The molecule has 1 aromatic carbocycles. The van der Waals surface area contributed by atoms with E-state index >= 15 is 0 Å². The normalized spacial score (nSPS) is 20.6. The maximum absolute atomic E-state index is 12.3. The Hall–Kier alpha value is -0.620. The van der Waals surface area contributed by atoms with Gasteiger partial charge in [-0.05, 0) is 62.5 Å². The number of hydrogen-bond acceptors (Lipinski definition) is 4. The summed E-state index contributed by atoms with van der Waals surface area (Å²) >= 11 is 5.79. The standard InChI is InChI=1S/C15H23ClN2O2S/c16-14-3-5-15(6-4-14)21(19,20)11-10-18-9-1-2-13(12-18)7-8-17/h3-6,13H,1-2,7-12,17H2. The van der Waals surface area contributed by atoms with Crippen molar-refractivity contribution in [1.29, 1.82) is 0 Å². The van der Waals surface area contributed by atoms with Crippen molar-refractivity contribution >= 4 is 21.4 Å². The Labute approximate surface area is 132 Å². The van der Waals surface area contributed by atoms with Crippen LogP contribution in [0.25, 0.3) is 0 Å². The van der Waals surface area contributed by atoms with Crippen LogP contribution >= 0.6 is 11.6 Å². The molecule has 0 bridgehead atoms. The zero-order valence-electron chi connectivity index (χ0n) is 12.2. The van der Waals surface area contributed by atoms with Crippen molar-refractivity contribution in [2.45, 2.75) is 24.2 Å². The van der Waals surface area contributed by atoms with Gasteiger partial charge in [0.25, 0.3) is 0 Å². The van der Waals surface area contributed by atoms with E-state index in [9.17, 15) is 8.42 Å². The van der Waals surface area contributed by atoms with E-state index in [-0.39, 0.29) is 5.75 Å². The van der Waals surface area contributed by atoms with Crippen LogP contribution in [0.15, 0.2) is 29.2 Å². The van der Waals surface area contributed by atoms with E-state index in [1.807, 2.05) is 0 Å². The summed E-state index contributed by atoms with van der Waals surface area (Å²) in [6, 6.07) is 6.38. The fourth-order valence-electron chi connectivity index (χ4n) is 2.83. The molecule has 1 unspecified atom stereocenters. The molecule has 6 heteroatoms. The second kappa shape index (κ2) is 7.58. The second-order valence-electron chi connectivity index (χ2n) is 5.66. The van der Waals surface area contributed by atoms with Gasteiger partial charge in [-0.25, -0.2) is 8.42 Å². The molecule has 118 valence electrons. The summed E-state index contributed by atoms with van der Waals surface area (Å²) in [5.41, 5.74) is 5.61. The molecule has 1 fully saturated rings. The lowest BCUT2D eigenvalue weighted by Crippen LogP contribution is -2.38. The largest absolute Gasteiger partial charge is 0.330 e. The molecule has 0 aliphatic carbocycles. The summed E-state index contributed by atoms with van der Waals surface area (Å²) in [4.78, 5) is 2.60. The van der Waals surface area contributed by atoms with Gasteiger partial charge in [0.15, 0.2) is 9.84 Å². The first-order valence-corrected chi connectivity index (χ1v) is 9.45. The molecule has 0 radical (unpaired) electrons. The first kappa shape index (κ1) is 16.7. The highest BCUT2D eigenvalue weighted by Gasteiger charge is 2.22. The van der Waals surface area contributed by atoms with E-state index in [4.69, 9.17) is 17.3 Å². The third-order valence-corrected chi connectivity index (χ3v) is 5.99. The topological polar surface area (TPSA) is 63.4 Å². The van der Waals surface area contributed by atoms with E-state index < -0.39 is 9.84 Å². The predicted molar refractivity (Wildman–Crippen MR) is 86.3 cm³/mol. The molecule has 1 aliphatic heterocycles. The van der Waals surface area contributed by atoms with Gasteiger partial charge in [0, 0.05) is 18.1 Å². The summed E-state index contributed by atoms with van der Waals surface area (Å²) in [5.74, 6) is 0.770. The number of sulfone groups is 1. The van der Waals surface area contributed by atoms with Crippen molar-refractivity contribution in [2.75, 3.05) is 31.9 Å². The molecular weight excluding hydrogens is 308 g/mol. The molecule has 2 N–H and O–H groups in total. The molecule has 0 amide bonds. The van der Waals surface area contributed by atoms with Gasteiger partial charge in [0.05, 0.1) is 10.6 Å². The van der Waals surface area contributed by atoms with Gasteiger partial charge >= 0.3 is 0 Å². The highest BCUT2D eigenvalue weighted by molar-refractivity contribution is 7.91. The first-order valence-electron chi connectivity index (χ1n) is 7.42. The fourth-order valence-corrected chi connectivity index (χ4v) is 4.25. The predicted octanol–water partition coefficient (Wildman–Crippen LogP) is 2.17. The van der Waals surface area contributed by atoms with E-state index in [1.54, 1.807) is 24.3 Å². The Morgan fingerprint density at radius 1 is 1.29 bits per heavy atom. The zero-order valence-corrected chi connectivity index (χ0v) is 13.7. The maximum Gasteiger partial charge on any atom is 0.179 e. The lowest BCUT2D eigenvalue weighted by atomic mass is 9.95. The molecule has 1 heterocycles. The third-order valence-electron chi connectivity index (χ3n) is 4.03. The maximum atomic E-state index is 12.3. The molecule has 2 rings (SSSR count). The SMILES string of the molecule is NCCC1CCCN(CCS(=O)(=O)c2ccc(Cl)cc2)C1. The second-order valence-corrected chi connectivity index (χ2v) is 8.20. The van der Waals surface area contributed by atoms with Crippen LogP contribution in [-0.2, 0) is 9.84 Å². The Morgan fingerprint density at radius 3 is 2.67 bits per heavy atom.